The molecule has 4 rings (SSSR count). The Labute approximate surface area is 169 Å². The molecular weight excluding hydrogens is 398 g/mol. The Balaban J connectivity index is 1.61. The van der Waals surface area contributed by atoms with E-state index in [-0.39, 0.29) is 10.8 Å². The van der Waals surface area contributed by atoms with Gasteiger partial charge in [-0.3, -0.25) is 9.89 Å². The number of aromatic amines is 2. The molecule has 7 nitrogen and oxygen atoms in total. The van der Waals surface area contributed by atoms with Crippen LogP contribution in [0.4, 0.5) is 0 Å². The van der Waals surface area contributed by atoms with Crippen molar-refractivity contribution in [1.82, 2.24) is 25.1 Å². The number of benzene rings is 2. The Morgan fingerprint density at radius 1 is 1.18 bits per heavy atom. The Bertz CT molecular complexity index is 1210. The maximum atomic E-state index is 12.3. The molecule has 0 bridgehead atoms. The van der Waals surface area contributed by atoms with Crippen LogP contribution in [0, 0.1) is 0 Å². The largest absolute Gasteiger partial charge is 0.496 e. The lowest BCUT2D eigenvalue weighted by molar-refractivity contribution is 0.416. The first-order valence-electron chi connectivity index (χ1n) is 8.47. The number of fused-ring (bicyclic) bond motifs is 1. The van der Waals surface area contributed by atoms with Gasteiger partial charge in [-0.1, -0.05) is 35.5 Å². The summed E-state index contributed by atoms with van der Waals surface area (Å²) in [7, 11) is 1.59. The molecule has 4 aromatic rings. The van der Waals surface area contributed by atoms with Crippen molar-refractivity contribution >= 4 is 34.3 Å². The van der Waals surface area contributed by atoms with Crippen molar-refractivity contribution in [2.24, 2.45) is 0 Å². The summed E-state index contributed by atoms with van der Waals surface area (Å²) < 4.78 is 5.37. The molecule has 0 saturated carbocycles. The Hall–Kier alpha value is -2.84. The second-order valence-electron chi connectivity index (χ2n) is 6.04. The molecule has 0 aliphatic carbocycles. The number of methoxy groups -OCH3 is 1. The summed E-state index contributed by atoms with van der Waals surface area (Å²) in [5, 5.41) is 8.69. The van der Waals surface area contributed by atoms with Crippen LogP contribution in [-0.4, -0.2) is 32.3 Å². The minimum absolute atomic E-state index is 0.151. The highest BCUT2D eigenvalue weighted by atomic mass is 35.5. The number of nitrogens with zero attached hydrogens (tertiary/aromatic N) is 3. The Morgan fingerprint density at radius 3 is 2.82 bits per heavy atom. The van der Waals surface area contributed by atoms with E-state index in [0.717, 1.165) is 5.56 Å². The van der Waals surface area contributed by atoms with Gasteiger partial charge in [-0.15, -0.1) is 5.10 Å². The summed E-state index contributed by atoms with van der Waals surface area (Å²) in [5.41, 5.74) is 1.22. The van der Waals surface area contributed by atoms with E-state index in [1.54, 1.807) is 31.4 Å². The number of aromatic nitrogens is 5. The normalized spacial score (nSPS) is 12.2. The number of H-pyrrole nitrogens is 2. The molecule has 0 radical (unpaired) electrons. The van der Waals surface area contributed by atoms with E-state index in [4.69, 9.17) is 16.3 Å². The monoisotopic (exact) mass is 413 g/mol. The van der Waals surface area contributed by atoms with Crippen molar-refractivity contribution in [1.29, 1.82) is 0 Å². The van der Waals surface area contributed by atoms with Crippen LogP contribution >= 0.6 is 23.4 Å². The fraction of sp³-hybridized carbons (Fsp3) is 0.158. The molecule has 2 aromatic carbocycles. The van der Waals surface area contributed by atoms with Crippen LogP contribution in [0.5, 0.6) is 5.75 Å². The number of thioether (sulfide) groups is 1. The van der Waals surface area contributed by atoms with Gasteiger partial charge in [0, 0.05) is 5.02 Å². The van der Waals surface area contributed by atoms with Gasteiger partial charge in [0.05, 0.1) is 28.8 Å². The fourth-order valence-electron chi connectivity index (χ4n) is 2.80. The first-order valence-corrected chi connectivity index (χ1v) is 9.73. The lowest BCUT2D eigenvalue weighted by atomic mass is 10.2. The van der Waals surface area contributed by atoms with Gasteiger partial charge in [-0.25, -0.2) is 9.97 Å². The highest BCUT2D eigenvalue weighted by Crippen LogP contribution is 2.34. The zero-order valence-electron chi connectivity index (χ0n) is 15.1. The zero-order chi connectivity index (χ0) is 19.7. The van der Waals surface area contributed by atoms with Crippen molar-refractivity contribution in [2.75, 3.05) is 7.11 Å². The molecule has 0 amide bonds. The van der Waals surface area contributed by atoms with E-state index in [2.05, 4.69) is 25.1 Å². The van der Waals surface area contributed by atoms with Crippen LogP contribution in [0.1, 0.15) is 18.0 Å². The first-order chi connectivity index (χ1) is 13.5. The lowest BCUT2D eigenvalue weighted by Crippen LogP contribution is -2.12. The van der Waals surface area contributed by atoms with Crippen LogP contribution in [0.25, 0.3) is 22.3 Å². The topological polar surface area (TPSA) is 96.6 Å². The second kappa shape index (κ2) is 7.65. The van der Waals surface area contributed by atoms with Crippen molar-refractivity contribution in [2.45, 2.75) is 17.3 Å². The van der Waals surface area contributed by atoms with Crippen LogP contribution in [0.3, 0.4) is 0 Å². The SMILES string of the molecule is COc1ccc(Cl)cc1-c1nc(SC(C)c2nc3ccccc3c(=O)[nH]2)n[nH]1. The molecule has 1 atom stereocenters. The van der Waals surface area contributed by atoms with Gasteiger partial charge in [0.1, 0.15) is 11.6 Å². The van der Waals surface area contributed by atoms with Gasteiger partial charge in [0.15, 0.2) is 5.82 Å². The van der Waals surface area contributed by atoms with Gasteiger partial charge in [0.2, 0.25) is 5.16 Å². The minimum atomic E-state index is -0.160. The van der Waals surface area contributed by atoms with Gasteiger partial charge in [-0.2, -0.15) is 0 Å². The number of para-hydroxylation sites is 1. The van der Waals surface area contributed by atoms with Gasteiger partial charge < -0.3 is 9.72 Å². The summed E-state index contributed by atoms with van der Waals surface area (Å²) in [6, 6.07) is 12.5. The highest BCUT2D eigenvalue weighted by molar-refractivity contribution is 7.99. The number of hydrogen-bond donors (Lipinski definition) is 2. The number of halogens is 1. The van der Waals surface area contributed by atoms with E-state index in [1.165, 1.54) is 11.8 Å². The smallest absolute Gasteiger partial charge is 0.258 e. The summed E-state index contributed by atoms with van der Waals surface area (Å²) in [4.78, 5) is 24.2. The Kier molecular flexibility index (Phi) is 5.06. The van der Waals surface area contributed by atoms with Gasteiger partial charge >= 0.3 is 0 Å². The van der Waals surface area contributed by atoms with Crippen LogP contribution in [0.15, 0.2) is 52.4 Å². The van der Waals surface area contributed by atoms with E-state index in [0.29, 0.717) is 38.5 Å². The maximum absolute atomic E-state index is 12.3. The third-order valence-corrected chi connectivity index (χ3v) is 5.39. The predicted octanol–water partition coefficient (Wildman–Crippen LogP) is 4.22. The highest BCUT2D eigenvalue weighted by Gasteiger charge is 2.17. The summed E-state index contributed by atoms with van der Waals surface area (Å²) in [5.74, 6) is 1.76. The van der Waals surface area contributed by atoms with Gasteiger partial charge in [0.25, 0.3) is 5.56 Å². The second-order valence-corrected chi connectivity index (χ2v) is 7.78. The minimum Gasteiger partial charge on any atom is -0.496 e. The van der Waals surface area contributed by atoms with E-state index in [9.17, 15) is 4.79 Å². The molecule has 2 aromatic heterocycles. The molecule has 0 fully saturated rings. The van der Waals surface area contributed by atoms with Crippen LogP contribution in [-0.2, 0) is 0 Å². The average molecular weight is 414 g/mol. The number of rotatable bonds is 5. The summed E-state index contributed by atoms with van der Waals surface area (Å²) in [6.07, 6.45) is 0. The van der Waals surface area contributed by atoms with Gasteiger partial charge in [-0.05, 0) is 37.3 Å². The number of hydrogen-bond acceptors (Lipinski definition) is 6. The van der Waals surface area contributed by atoms with Crippen molar-refractivity contribution in [3.63, 3.8) is 0 Å². The zero-order valence-corrected chi connectivity index (χ0v) is 16.6. The molecule has 0 spiro atoms. The maximum Gasteiger partial charge on any atom is 0.258 e. The molecule has 28 heavy (non-hydrogen) atoms. The summed E-state index contributed by atoms with van der Waals surface area (Å²) in [6.45, 7) is 1.94. The molecule has 9 heteroatoms. The lowest BCUT2D eigenvalue weighted by Gasteiger charge is -2.09. The standard InChI is InChI=1S/C19H16ClN5O2S/c1-10(16-21-14-6-4-3-5-12(14)18(26)22-16)28-19-23-17(24-25-19)13-9-11(20)7-8-15(13)27-2/h3-10H,1-2H3,(H,21,22,26)(H,23,24,25). The third-order valence-electron chi connectivity index (χ3n) is 4.18. The molecule has 0 aliphatic heterocycles. The molecule has 1 unspecified atom stereocenters. The average Bonchev–Trinajstić information content (AvgIpc) is 3.16. The number of nitrogens with one attached hydrogen (secondary N) is 2. The van der Waals surface area contributed by atoms with Crippen LogP contribution in [0.2, 0.25) is 5.02 Å². The molecule has 0 saturated heterocycles. The summed E-state index contributed by atoms with van der Waals surface area (Å²) >= 11 is 7.48. The first kappa shape index (κ1) is 18.5. The Morgan fingerprint density at radius 2 is 2.00 bits per heavy atom. The van der Waals surface area contributed by atoms with E-state index >= 15 is 0 Å². The molecule has 0 aliphatic rings. The quantitative estimate of drug-likeness (QED) is 0.475. The molecule has 2 heterocycles. The van der Waals surface area contributed by atoms with E-state index < -0.39 is 0 Å². The third kappa shape index (κ3) is 3.61. The van der Waals surface area contributed by atoms with E-state index in [1.807, 2.05) is 25.1 Å². The van der Waals surface area contributed by atoms with Crippen molar-refractivity contribution < 1.29 is 4.74 Å². The molecular formula is C19H16ClN5O2S. The number of ether oxygens (including phenoxy) is 1. The fourth-order valence-corrected chi connectivity index (χ4v) is 3.75. The van der Waals surface area contributed by atoms with Crippen molar-refractivity contribution in [3.05, 3.63) is 63.7 Å². The molecule has 2 N–H and O–H groups in total. The molecule has 142 valence electrons. The predicted molar refractivity (Wildman–Crippen MR) is 110 cm³/mol. The van der Waals surface area contributed by atoms with Crippen LogP contribution < -0.4 is 10.3 Å². The van der Waals surface area contributed by atoms with Crippen molar-refractivity contribution in [3.8, 4) is 17.1 Å².